The van der Waals surface area contributed by atoms with Crippen molar-refractivity contribution in [2.75, 3.05) is 13.1 Å². The highest BCUT2D eigenvalue weighted by atomic mass is 35.5. The van der Waals surface area contributed by atoms with Crippen LogP contribution in [0.4, 0.5) is 0 Å². The van der Waals surface area contributed by atoms with Crippen LogP contribution in [0.1, 0.15) is 44.1 Å². The van der Waals surface area contributed by atoms with Gasteiger partial charge in [0, 0.05) is 19.5 Å². The van der Waals surface area contributed by atoms with Crippen molar-refractivity contribution in [3.8, 4) is 0 Å². The summed E-state index contributed by atoms with van der Waals surface area (Å²) in [4.78, 5) is 14.5. The Morgan fingerprint density at radius 2 is 1.86 bits per heavy atom. The molecule has 3 nitrogen and oxygen atoms in total. The van der Waals surface area contributed by atoms with Crippen molar-refractivity contribution in [1.82, 2.24) is 4.90 Å². The minimum Gasteiger partial charge on any atom is -0.338 e. The van der Waals surface area contributed by atoms with Gasteiger partial charge in [0.1, 0.15) is 0 Å². The molecule has 0 heterocycles. The first kappa shape index (κ1) is 18.0. The van der Waals surface area contributed by atoms with E-state index in [2.05, 4.69) is 12.1 Å². The number of benzene rings is 1. The minimum atomic E-state index is 0. The predicted molar refractivity (Wildman–Crippen MR) is 89.4 cm³/mol. The molecule has 0 aromatic heterocycles. The summed E-state index contributed by atoms with van der Waals surface area (Å²) in [6.07, 6.45) is 6.63. The van der Waals surface area contributed by atoms with Crippen molar-refractivity contribution in [3.05, 3.63) is 35.9 Å². The van der Waals surface area contributed by atoms with Crippen LogP contribution in [0.15, 0.2) is 30.3 Å². The molecule has 1 amide bonds. The molecule has 0 bridgehead atoms. The van der Waals surface area contributed by atoms with Gasteiger partial charge in [0.15, 0.2) is 0 Å². The molecule has 2 rings (SSSR count). The highest BCUT2D eigenvalue weighted by Crippen LogP contribution is 2.28. The predicted octanol–water partition coefficient (Wildman–Crippen LogP) is 3.37. The number of nitrogens with zero attached hydrogens (tertiary/aromatic N) is 1. The third-order valence-electron chi connectivity index (χ3n) is 4.14. The van der Waals surface area contributed by atoms with Crippen LogP contribution in [-0.2, 0) is 11.3 Å². The molecule has 21 heavy (non-hydrogen) atoms. The maximum Gasteiger partial charge on any atom is 0.223 e. The normalized spacial score (nSPS) is 14.7. The zero-order chi connectivity index (χ0) is 14.2. The van der Waals surface area contributed by atoms with Gasteiger partial charge in [-0.1, -0.05) is 43.2 Å². The van der Waals surface area contributed by atoms with E-state index in [4.69, 9.17) is 5.73 Å². The second-order valence-corrected chi connectivity index (χ2v) is 5.80. The zero-order valence-corrected chi connectivity index (χ0v) is 13.5. The van der Waals surface area contributed by atoms with Gasteiger partial charge in [-0.25, -0.2) is 0 Å². The molecular formula is C17H27ClN2O. The lowest BCUT2D eigenvalue weighted by Crippen LogP contribution is -2.33. The van der Waals surface area contributed by atoms with Crippen LogP contribution in [0.2, 0.25) is 0 Å². The van der Waals surface area contributed by atoms with Crippen LogP contribution in [0.5, 0.6) is 0 Å². The van der Waals surface area contributed by atoms with Crippen LogP contribution >= 0.6 is 12.4 Å². The van der Waals surface area contributed by atoms with Gasteiger partial charge >= 0.3 is 0 Å². The molecule has 1 saturated carbocycles. The molecule has 1 fully saturated rings. The Labute approximate surface area is 134 Å². The summed E-state index contributed by atoms with van der Waals surface area (Å²) in [5.74, 6) is 0.910. The lowest BCUT2D eigenvalue weighted by molar-refractivity contribution is -0.132. The van der Waals surface area contributed by atoms with Crippen molar-refractivity contribution in [2.24, 2.45) is 11.7 Å². The molecule has 0 radical (unpaired) electrons. The molecule has 118 valence electrons. The average molecular weight is 311 g/mol. The van der Waals surface area contributed by atoms with Crippen LogP contribution < -0.4 is 5.73 Å². The number of hydrogen-bond acceptors (Lipinski definition) is 2. The highest BCUT2D eigenvalue weighted by molar-refractivity contribution is 5.85. The van der Waals surface area contributed by atoms with Crippen molar-refractivity contribution in [3.63, 3.8) is 0 Å². The third-order valence-corrected chi connectivity index (χ3v) is 4.14. The largest absolute Gasteiger partial charge is 0.338 e. The van der Waals surface area contributed by atoms with E-state index in [1.54, 1.807) is 0 Å². The Morgan fingerprint density at radius 3 is 2.48 bits per heavy atom. The lowest BCUT2D eigenvalue weighted by Gasteiger charge is -2.24. The fraction of sp³-hybridized carbons (Fsp3) is 0.588. The Morgan fingerprint density at radius 1 is 1.19 bits per heavy atom. The molecule has 0 atom stereocenters. The number of carbonyl (C=O) groups is 1. The first-order chi connectivity index (χ1) is 9.79. The number of halogens is 1. The fourth-order valence-corrected chi connectivity index (χ4v) is 2.97. The van der Waals surface area contributed by atoms with E-state index >= 15 is 0 Å². The Kier molecular flexibility index (Phi) is 8.40. The summed E-state index contributed by atoms with van der Waals surface area (Å²) in [5.41, 5.74) is 6.79. The van der Waals surface area contributed by atoms with Gasteiger partial charge in [-0.05, 0) is 37.3 Å². The van der Waals surface area contributed by atoms with Crippen LogP contribution in [0.3, 0.4) is 0 Å². The van der Waals surface area contributed by atoms with Crippen LogP contribution in [-0.4, -0.2) is 23.9 Å². The summed E-state index contributed by atoms with van der Waals surface area (Å²) in [7, 11) is 0. The maximum atomic E-state index is 12.5. The number of nitrogens with two attached hydrogens (primary N) is 1. The fourth-order valence-electron chi connectivity index (χ4n) is 2.97. The van der Waals surface area contributed by atoms with Gasteiger partial charge in [0.25, 0.3) is 0 Å². The van der Waals surface area contributed by atoms with Crippen LogP contribution in [0.25, 0.3) is 0 Å². The van der Waals surface area contributed by atoms with Gasteiger partial charge < -0.3 is 10.6 Å². The Balaban J connectivity index is 0.00000220. The first-order valence-electron chi connectivity index (χ1n) is 7.81. The summed E-state index contributed by atoms with van der Waals surface area (Å²) in [6.45, 7) is 2.13. The molecule has 0 spiro atoms. The number of amides is 1. The topological polar surface area (TPSA) is 46.3 Å². The SMILES string of the molecule is Cl.NCCCN(Cc1ccccc1)C(=O)CC1CCCC1. The van der Waals surface area contributed by atoms with Crippen LogP contribution in [0, 0.1) is 5.92 Å². The second kappa shape index (κ2) is 9.80. The van der Waals surface area contributed by atoms with Gasteiger partial charge in [-0.2, -0.15) is 0 Å². The molecule has 2 N–H and O–H groups in total. The standard InChI is InChI=1S/C17H26N2O.ClH/c18-11-6-12-19(14-16-9-2-1-3-10-16)17(20)13-15-7-4-5-8-15;/h1-3,9-10,15H,4-8,11-14,18H2;1H. The van der Waals surface area contributed by atoms with Gasteiger partial charge in [0.05, 0.1) is 0 Å². The molecular weight excluding hydrogens is 284 g/mol. The van der Waals surface area contributed by atoms with E-state index in [-0.39, 0.29) is 12.4 Å². The Hall–Kier alpha value is -1.06. The minimum absolute atomic E-state index is 0. The summed E-state index contributed by atoms with van der Waals surface area (Å²) >= 11 is 0. The van der Waals surface area contributed by atoms with E-state index in [1.807, 2.05) is 23.1 Å². The molecule has 1 aromatic rings. The highest BCUT2D eigenvalue weighted by Gasteiger charge is 2.21. The monoisotopic (exact) mass is 310 g/mol. The molecule has 4 heteroatoms. The lowest BCUT2D eigenvalue weighted by atomic mass is 10.0. The van der Waals surface area contributed by atoms with Crippen molar-refractivity contribution in [1.29, 1.82) is 0 Å². The summed E-state index contributed by atoms with van der Waals surface area (Å²) < 4.78 is 0. The second-order valence-electron chi connectivity index (χ2n) is 5.80. The first-order valence-corrected chi connectivity index (χ1v) is 7.81. The number of rotatable bonds is 7. The van der Waals surface area contributed by atoms with E-state index in [0.717, 1.165) is 19.4 Å². The molecule has 0 aliphatic heterocycles. The maximum absolute atomic E-state index is 12.5. The number of carbonyl (C=O) groups excluding carboxylic acids is 1. The molecule has 0 saturated heterocycles. The van der Waals surface area contributed by atoms with E-state index in [9.17, 15) is 4.79 Å². The van der Waals surface area contributed by atoms with Gasteiger partial charge in [-0.15, -0.1) is 12.4 Å². The third kappa shape index (κ3) is 6.06. The smallest absolute Gasteiger partial charge is 0.223 e. The molecule has 1 aromatic carbocycles. The van der Waals surface area contributed by atoms with Crippen molar-refractivity contribution in [2.45, 2.75) is 45.1 Å². The van der Waals surface area contributed by atoms with Gasteiger partial charge in [-0.3, -0.25) is 4.79 Å². The molecule has 1 aliphatic rings. The molecule has 1 aliphatic carbocycles. The van der Waals surface area contributed by atoms with E-state index in [0.29, 0.717) is 24.9 Å². The molecule has 0 unspecified atom stereocenters. The summed E-state index contributed by atoms with van der Waals surface area (Å²) in [5, 5.41) is 0. The summed E-state index contributed by atoms with van der Waals surface area (Å²) in [6, 6.07) is 10.2. The quantitative estimate of drug-likeness (QED) is 0.839. The van der Waals surface area contributed by atoms with E-state index in [1.165, 1.54) is 31.2 Å². The number of hydrogen-bond donors (Lipinski definition) is 1. The van der Waals surface area contributed by atoms with E-state index < -0.39 is 0 Å². The van der Waals surface area contributed by atoms with Crippen molar-refractivity contribution < 1.29 is 4.79 Å². The van der Waals surface area contributed by atoms with Crippen molar-refractivity contribution >= 4 is 18.3 Å². The van der Waals surface area contributed by atoms with Gasteiger partial charge in [0.2, 0.25) is 5.91 Å². The zero-order valence-electron chi connectivity index (χ0n) is 12.7. The Bertz CT molecular complexity index is 405. The average Bonchev–Trinajstić information content (AvgIpc) is 2.97.